The molecule has 2 fully saturated rings. The first-order chi connectivity index (χ1) is 17.7. The summed E-state index contributed by atoms with van der Waals surface area (Å²) in [5, 5.41) is 7.27. The molecule has 2 aliphatic heterocycles. The van der Waals surface area contributed by atoms with E-state index in [0.717, 1.165) is 54.8 Å². The van der Waals surface area contributed by atoms with Crippen molar-refractivity contribution < 1.29 is 4.74 Å². The van der Waals surface area contributed by atoms with E-state index in [2.05, 4.69) is 114 Å². The first-order valence-corrected chi connectivity index (χ1v) is 14.4. The molecular formula is C31H50N6O. The van der Waals surface area contributed by atoms with Gasteiger partial charge in [-0.05, 0) is 34.6 Å². The maximum Gasteiger partial charge on any atom is 0.145 e. The van der Waals surface area contributed by atoms with Gasteiger partial charge in [0.2, 0.25) is 0 Å². The standard InChI is InChI=1S/C31H50N6O/c1-20(2)33-22-15-36(16-22)27-12-11-26(38-19-30(5,6)7)29(35-27)24-13-28(32-14-25(24)31(8,9)10)37-17-23(18-37)34-21(3)4/h11-14,20-23,33-34H,15-19H2,1-10H3. The molecule has 0 bridgehead atoms. The maximum absolute atomic E-state index is 6.45. The number of rotatable bonds is 9. The number of anilines is 2. The van der Waals surface area contributed by atoms with E-state index in [0.29, 0.717) is 30.8 Å². The summed E-state index contributed by atoms with van der Waals surface area (Å²) in [6.07, 6.45) is 2.06. The normalized spacial score (nSPS) is 17.3. The van der Waals surface area contributed by atoms with Gasteiger partial charge < -0.3 is 25.2 Å². The summed E-state index contributed by atoms with van der Waals surface area (Å²) in [6, 6.07) is 8.46. The third kappa shape index (κ3) is 6.97. The van der Waals surface area contributed by atoms with Crippen molar-refractivity contribution in [3.05, 3.63) is 30.0 Å². The van der Waals surface area contributed by atoms with Gasteiger partial charge >= 0.3 is 0 Å². The van der Waals surface area contributed by atoms with Gasteiger partial charge in [-0.15, -0.1) is 0 Å². The molecule has 0 aliphatic carbocycles. The van der Waals surface area contributed by atoms with Gasteiger partial charge in [0.15, 0.2) is 0 Å². The molecule has 0 spiro atoms. The van der Waals surface area contributed by atoms with E-state index >= 15 is 0 Å². The minimum absolute atomic E-state index is 0.0511. The van der Waals surface area contributed by atoms with Crippen LogP contribution in [0, 0.1) is 5.41 Å². The van der Waals surface area contributed by atoms with Gasteiger partial charge in [0.05, 0.1) is 6.61 Å². The molecule has 0 aromatic carbocycles. The lowest BCUT2D eigenvalue weighted by Gasteiger charge is -2.42. The zero-order valence-corrected chi connectivity index (χ0v) is 25.4. The summed E-state index contributed by atoms with van der Waals surface area (Å²) in [5.74, 6) is 2.86. The molecule has 0 atom stereocenters. The Bertz CT molecular complexity index is 1090. The van der Waals surface area contributed by atoms with E-state index in [4.69, 9.17) is 14.7 Å². The van der Waals surface area contributed by atoms with E-state index in [1.807, 2.05) is 0 Å². The van der Waals surface area contributed by atoms with Crippen molar-refractivity contribution in [1.82, 2.24) is 20.6 Å². The van der Waals surface area contributed by atoms with Crippen LogP contribution in [0.1, 0.15) is 74.8 Å². The molecule has 2 aliphatic rings. The minimum Gasteiger partial charge on any atom is -0.491 e. The van der Waals surface area contributed by atoms with Crippen molar-refractivity contribution in [3.8, 4) is 17.0 Å². The Labute approximate surface area is 230 Å². The van der Waals surface area contributed by atoms with Gasteiger partial charge in [-0.25, -0.2) is 9.97 Å². The Hall–Kier alpha value is -2.38. The second kappa shape index (κ2) is 11.0. The smallest absolute Gasteiger partial charge is 0.145 e. The highest BCUT2D eigenvalue weighted by molar-refractivity contribution is 5.75. The molecule has 0 saturated carbocycles. The number of nitrogens with zero attached hydrogens (tertiary/aromatic N) is 4. The highest BCUT2D eigenvalue weighted by Crippen LogP contribution is 2.40. The fraction of sp³-hybridized carbons (Fsp3) is 0.677. The first kappa shape index (κ1) is 28.6. The molecular weight excluding hydrogens is 472 g/mol. The van der Waals surface area contributed by atoms with Gasteiger partial charge in [-0.3, -0.25) is 0 Å². The van der Waals surface area contributed by atoms with Crippen molar-refractivity contribution in [2.24, 2.45) is 5.41 Å². The summed E-state index contributed by atoms with van der Waals surface area (Å²) < 4.78 is 6.45. The maximum atomic E-state index is 6.45. The van der Waals surface area contributed by atoms with Crippen LogP contribution < -0.4 is 25.2 Å². The van der Waals surface area contributed by atoms with Crippen LogP contribution in [-0.2, 0) is 5.41 Å². The minimum atomic E-state index is -0.0838. The molecule has 2 saturated heterocycles. The van der Waals surface area contributed by atoms with Gasteiger partial charge in [0, 0.05) is 62.1 Å². The summed E-state index contributed by atoms with van der Waals surface area (Å²) in [7, 11) is 0. The first-order valence-electron chi connectivity index (χ1n) is 14.4. The van der Waals surface area contributed by atoms with Crippen molar-refractivity contribution >= 4 is 11.6 Å². The second-order valence-electron chi connectivity index (χ2n) is 14.1. The monoisotopic (exact) mass is 522 g/mol. The quantitative estimate of drug-likeness (QED) is 0.467. The molecule has 2 aromatic rings. The van der Waals surface area contributed by atoms with Crippen LogP contribution in [0.3, 0.4) is 0 Å². The zero-order chi connectivity index (χ0) is 27.8. The predicted molar refractivity (Wildman–Crippen MR) is 160 cm³/mol. The summed E-state index contributed by atoms with van der Waals surface area (Å²) in [5.41, 5.74) is 3.19. The lowest BCUT2D eigenvalue weighted by molar-refractivity contribution is 0.198. The SMILES string of the molecule is CC(C)NC1CN(c2cc(-c3nc(N4CC(NC(C)C)C4)ccc3OCC(C)(C)C)c(C(C)(C)C)cn2)C1. The molecule has 0 amide bonds. The number of nitrogens with one attached hydrogen (secondary N) is 2. The van der Waals surface area contributed by atoms with Gasteiger partial charge in [-0.2, -0.15) is 0 Å². The fourth-order valence-electron chi connectivity index (χ4n) is 5.11. The Balaban J connectivity index is 1.70. The summed E-state index contributed by atoms with van der Waals surface area (Å²) >= 11 is 0. The molecule has 2 aromatic heterocycles. The third-order valence-corrected chi connectivity index (χ3v) is 7.01. The highest BCUT2D eigenvalue weighted by Gasteiger charge is 2.32. The van der Waals surface area contributed by atoms with Crippen LogP contribution in [0.2, 0.25) is 0 Å². The molecule has 38 heavy (non-hydrogen) atoms. The predicted octanol–water partition coefficient (Wildman–Crippen LogP) is 5.24. The Kier molecular flexibility index (Phi) is 8.29. The lowest BCUT2D eigenvalue weighted by atomic mass is 9.83. The van der Waals surface area contributed by atoms with Crippen molar-refractivity contribution in [2.75, 3.05) is 42.6 Å². The molecule has 2 N–H and O–H groups in total. The van der Waals surface area contributed by atoms with Gasteiger partial charge in [0.25, 0.3) is 0 Å². The number of pyridine rings is 2. The van der Waals surface area contributed by atoms with Gasteiger partial charge in [-0.1, -0.05) is 69.2 Å². The molecule has 4 heterocycles. The van der Waals surface area contributed by atoms with Crippen molar-refractivity contribution in [3.63, 3.8) is 0 Å². The lowest BCUT2D eigenvalue weighted by Crippen LogP contribution is -2.59. The van der Waals surface area contributed by atoms with Crippen LogP contribution >= 0.6 is 0 Å². The number of ether oxygens (including phenoxy) is 1. The van der Waals surface area contributed by atoms with Crippen LogP contribution in [-0.4, -0.2) is 66.9 Å². The molecule has 7 heteroatoms. The number of hydrogen-bond donors (Lipinski definition) is 2. The number of aromatic nitrogens is 2. The molecule has 0 unspecified atom stereocenters. The molecule has 210 valence electrons. The largest absolute Gasteiger partial charge is 0.491 e. The van der Waals surface area contributed by atoms with Gasteiger partial charge in [0.1, 0.15) is 23.1 Å². The Morgan fingerprint density at radius 3 is 1.92 bits per heavy atom. The van der Waals surface area contributed by atoms with Crippen molar-refractivity contribution in [2.45, 2.75) is 98.8 Å². The Morgan fingerprint density at radius 2 is 1.42 bits per heavy atom. The van der Waals surface area contributed by atoms with E-state index < -0.39 is 0 Å². The molecule has 4 rings (SSSR count). The van der Waals surface area contributed by atoms with Crippen LogP contribution in [0.5, 0.6) is 5.75 Å². The van der Waals surface area contributed by atoms with Crippen molar-refractivity contribution in [1.29, 1.82) is 0 Å². The fourth-order valence-corrected chi connectivity index (χ4v) is 5.11. The average Bonchev–Trinajstić information content (AvgIpc) is 2.75. The van der Waals surface area contributed by atoms with Crippen LogP contribution in [0.15, 0.2) is 24.4 Å². The van der Waals surface area contributed by atoms with E-state index in [1.54, 1.807) is 0 Å². The number of hydrogen-bond acceptors (Lipinski definition) is 7. The highest BCUT2D eigenvalue weighted by atomic mass is 16.5. The topological polar surface area (TPSA) is 65.5 Å². The van der Waals surface area contributed by atoms with E-state index in [9.17, 15) is 0 Å². The Morgan fingerprint density at radius 1 is 0.868 bits per heavy atom. The average molecular weight is 523 g/mol. The molecule has 7 nitrogen and oxygen atoms in total. The van der Waals surface area contributed by atoms with E-state index in [-0.39, 0.29) is 10.8 Å². The van der Waals surface area contributed by atoms with Crippen LogP contribution in [0.25, 0.3) is 11.3 Å². The zero-order valence-electron chi connectivity index (χ0n) is 25.4. The summed E-state index contributed by atoms with van der Waals surface area (Å²) in [4.78, 5) is 14.9. The second-order valence-corrected chi connectivity index (χ2v) is 14.1. The third-order valence-electron chi connectivity index (χ3n) is 7.01. The van der Waals surface area contributed by atoms with E-state index in [1.165, 1.54) is 5.56 Å². The summed E-state index contributed by atoms with van der Waals surface area (Å²) in [6.45, 7) is 26.7. The molecule has 0 radical (unpaired) electrons. The van der Waals surface area contributed by atoms with Crippen LogP contribution in [0.4, 0.5) is 11.6 Å².